The Labute approximate surface area is 181 Å². The van der Waals surface area contributed by atoms with Crippen molar-refractivity contribution >= 4 is 39.8 Å². The number of anilines is 1. The van der Waals surface area contributed by atoms with E-state index < -0.39 is 10.8 Å². The molecule has 0 saturated heterocycles. The minimum absolute atomic E-state index is 0.138. The van der Waals surface area contributed by atoms with Gasteiger partial charge in [0.2, 0.25) is 0 Å². The van der Waals surface area contributed by atoms with Crippen LogP contribution in [-0.4, -0.2) is 35.8 Å². The molecule has 0 atom stereocenters. The zero-order valence-corrected chi connectivity index (χ0v) is 18.1. The van der Waals surface area contributed by atoms with E-state index in [9.17, 15) is 14.9 Å². The molecule has 0 saturated carbocycles. The maximum atomic E-state index is 12.8. The second-order valence-corrected chi connectivity index (χ2v) is 7.67. The van der Waals surface area contributed by atoms with Crippen LogP contribution in [0.5, 0.6) is 11.5 Å². The van der Waals surface area contributed by atoms with Gasteiger partial charge in [0.1, 0.15) is 5.56 Å². The molecule has 1 heterocycles. The van der Waals surface area contributed by atoms with Gasteiger partial charge in [0.25, 0.3) is 11.6 Å². The first-order valence-corrected chi connectivity index (χ1v) is 11.0. The molecular weight excluding hydrogens is 426 g/mol. The van der Waals surface area contributed by atoms with Crippen LogP contribution in [0.25, 0.3) is 11.3 Å². The number of aromatic nitrogens is 1. The molecule has 0 spiro atoms. The topological polar surface area (TPSA) is 104 Å². The van der Waals surface area contributed by atoms with E-state index in [1.54, 1.807) is 18.7 Å². The average Bonchev–Trinajstić information content (AvgIpc) is 3.22. The number of carbonyl (C=O) groups is 1. The molecule has 1 N–H and O–H groups in total. The predicted molar refractivity (Wildman–Crippen MR) is 118 cm³/mol. The van der Waals surface area contributed by atoms with Crippen LogP contribution in [-0.2, 0) is 0 Å². The van der Waals surface area contributed by atoms with Gasteiger partial charge in [-0.3, -0.25) is 20.2 Å². The Hall–Kier alpha value is -3.11. The van der Waals surface area contributed by atoms with E-state index in [-0.39, 0.29) is 22.7 Å². The first kappa shape index (κ1) is 21.6. The average molecular weight is 446 g/mol. The summed E-state index contributed by atoms with van der Waals surface area (Å²) in [6.07, 6.45) is 2.00. The Morgan fingerprint density at radius 2 is 2.00 bits per heavy atom. The third-order valence-electron chi connectivity index (χ3n) is 4.13. The lowest BCUT2D eigenvalue weighted by atomic mass is 10.1. The Balaban J connectivity index is 1.86. The molecule has 1 aromatic heterocycles. The van der Waals surface area contributed by atoms with E-state index in [1.807, 2.05) is 35.9 Å². The summed E-state index contributed by atoms with van der Waals surface area (Å²) in [6.45, 7) is 2.06. The van der Waals surface area contributed by atoms with Crippen molar-refractivity contribution in [2.24, 2.45) is 0 Å². The van der Waals surface area contributed by atoms with Crippen LogP contribution < -0.4 is 14.8 Å². The number of benzene rings is 2. The number of methoxy groups -OCH3 is 1. The molecule has 2 aromatic carbocycles. The largest absolute Gasteiger partial charge is 0.493 e. The van der Waals surface area contributed by atoms with Crippen molar-refractivity contribution in [1.29, 1.82) is 0 Å². The van der Waals surface area contributed by atoms with E-state index in [2.05, 4.69) is 10.3 Å². The number of nitrogens with one attached hydrogen (secondary N) is 1. The molecule has 0 aliphatic carbocycles. The quantitative estimate of drug-likeness (QED) is 0.292. The zero-order valence-electron chi connectivity index (χ0n) is 16.5. The summed E-state index contributed by atoms with van der Waals surface area (Å²) in [5, 5.41) is 16.3. The Morgan fingerprint density at radius 1 is 1.27 bits per heavy atom. The first-order valence-electron chi connectivity index (χ1n) is 8.87. The Kier molecular flexibility index (Phi) is 6.91. The van der Waals surface area contributed by atoms with E-state index in [0.717, 1.165) is 10.5 Å². The highest BCUT2D eigenvalue weighted by Crippen LogP contribution is 2.35. The van der Waals surface area contributed by atoms with Crippen molar-refractivity contribution in [1.82, 2.24) is 4.98 Å². The second-order valence-electron chi connectivity index (χ2n) is 5.93. The lowest BCUT2D eigenvalue weighted by Crippen LogP contribution is -2.14. The number of thiazole rings is 1. The third kappa shape index (κ3) is 4.71. The molecule has 30 heavy (non-hydrogen) atoms. The number of carbonyl (C=O) groups excluding carboxylic acids is 1. The van der Waals surface area contributed by atoms with Crippen molar-refractivity contribution in [3.8, 4) is 22.8 Å². The van der Waals surface area contributed by atoms with E-state index in [0.29, 0.717) is 17.4 Å². The molecule has 0 unspecified atom stereocenters. The van der Waals surface area contributed by atoms with E-state index >= 15 is 0 Å². The first-order chi connectivity index (χ1) is 14.5. The van der Waals surface area contributed by atoms with Gasteiger partial charge in [-0.25, -0.2) is 4.98 Å². The maximum Gasteiger partial charge on any atom is 0.286 e. The number of nitro groups is 1. The van der Waals surface area contributed by atoms with Gasteiger partial charge in [-0.05, 0) is 25.3 Å². The number of amides is 1. The zero-order chi connectivity index (χ0) is 21.7. The van der Waals surface area contributed by atoms with Gasteiger partial charge in [-0.2, -0.15) is 0 Å². The molecular formula is C20H19N3O5S2. The molecule has 0 aliphatic rings. The van der Waals surface area contributed by atoms with Gasteiger partial charge >= 0.3 is 0 Å². The molecule has 0 fully saturated rings. The summed E-state index contributed by atoms with van der Waals surface area (Å²) in [6, 6.07) is 10.4. The van der Waals surface area contributed by atoms with Gasteiger partial charge in [0, 0.05) is 21.9 Å². The molecule has 3 rings (SSSR count). The van der Waals surface area contributed by atoms with Crippen LogP contribution in [0.4, 0.5) is 10.8 Å². The maximum absolute atomic E-state index is 12.8. The van der Waals surface area contributed by atoms with Crippen molar-refractivity contribution < 1.29 is 19.2 Å². The summed E-state index contributed by atoms with van der Waals surface area (Å²) < 4.78 is 10.6. The van der Waals surface area contributed by atoms with Crippen LogP contribution >= 0.6 is 23.1 Å². The van der Waals surface area contributed by atoms with Crippen molar-refractivity contribution in [3.05, 3.63) is 57.5 Å². The van der Waals surface area contributed by atoms with E-state index in [1.165, 1.54) is 30.6 Å². The predicted octanol–water partition coefficient (Wildman–Crippen LogP) is 5.10. The highest BCUT2D eigenvalue weighted by atomic mass is 32.2. The monoisotopic (exact) mass is 445 g/mol. The number of rotatable bonds is 8. The summed E-state index contributed by atoms with van der Waals surface area (Å²) in [4.78, 5) is 29.2. The number of hydrogen-bond acceptors (Lipinski definition) is 8. The minimum atomic E-state index is -0.651. The lowest BCUT2D eigenvalue weighted by Gasteiger charge is -2.11. The standard InChI is InChI=1S/C20H19N3O5S2/c1-4-28-18-10-16(23(25)26)14(9-17(18)27-2)19(24)22-20-21-15(11-30-20)12-5-7-13(29-3)8-6-12/h5-11H,4H2,1-3H3,(H,21,22,24). The summed E-state index contributed by atoms with van der Waals surface area (Å²) in [5.74, 6) is -0.212. The molecule has 0 aliphatic heterocycles. The summed E-state index contributed by atoms with van der Waals surface area (Å²) in [7, 11) is 1.40. The fourth-order valence-electron chi connectivity index (χ4n) is 2.70. The molecule has 3 aromatic rings. The molecule has 0 radical (unpaired) electrons. The normalized spacial score (nSPS) is 10.5. The number of nitrogens with zero attached hydrogens (tertiary/aromatic N) is 2. The Bertz CT molecular complexity index is 1070. The van der Waals surface area contributed by atoms with E-state index in [4.69, 9.17) is 9.47 Å². The molecule has 0 bridgehead atoms. The number of thioether (sulfide) groups is 1. The van der Waals surface area contributed by atoms with Crippen LogP contribution in [0.15, 0.2) is 46.7 Å². The van der Waals surface area contributed by atoms with Gasteiger partial charge in [0.15, 0.2) is 16.6 Å². The third-order valence-corrected chi connectivity index (χ3v) is 5.63. The number of ether oxygens (including phenoxy) is 2. The van der Waals surface area contributed by atoms with Crippen molar-refractivity contribution in [2.45, 2.75) is 11.8 Å². The summed E-state index contributed by atoms with van der Waals surface area (Å²) in [5.41, 5.74) is 1.11. The van der Waals surface area contributed by atoms with Crippen LogP contribution in [0.2, 0.25) is 0 Å². The molecule has 10 heteroatoms. The number of nitro benzene ring substituents is 1. The van der Waals surface area contributed by atoms with Gasteiger partial charge in [-0.1, -0.05) is 12.1 Å². The van der Waals surface area contributed by atoms with Crippen molar-refractivity contribution in [2.75, 3.05) is 25.3 Å². The fourth-order valence-corrected chi connectivity index (χ4v) is 3.82. The van der Waals surface area contributed by atoms with Crippen LogP contribution in [0.1, 0.15) is 17.3 Å². The SMILES string of the molecule is CCOc1cc([N+](=O)[O-])c(C(=O)Nc2nc(-c3ccc(SC)cc3)cs2)cc1OC. The van der Waals surface area contributed by atoms with Crippen molar-refractivity contribution in [3.63, 3.8) is 0 Å². The van der Waals surface area contributed by atoms with Gasteiger partial charge in [0.05, 0.1) is 30.4 Å². The van der Waals surface area contributed by atoms with Gasteiger partial charge in [-0.15, -0.1) is 23.1 Å². The molecule has 1 amide bonds. The smallest absolute Gasteiger partial charge is 0.286 e. The Morgan fingerprint density at radius 3 is 2.60 bits per heavy atom. The highest BCUT2D eigenvalue weighted by molar-refractivity contribution is 7.98. The number of hydrogen-bond donors (Lipinski definition) is 1. The highest BCUT2D eigenvalue weighted by Gasteiger charge is 2.25. The molecule has 8 nitrogen and oxygen atoms in total. The fraction of sp³-hybridized carbons (Fsp3) is 0.200. The summed E-state index contributed by atoms with van der Waals surface area (Å²) >= 11 is 2.88. The minimum Gasteiger partial charge on any atom is -0.493 e. The van der Waals surface area contributed by atoms with Gasteiger partial charge < -0.3 is 9.47 Å². The molecule has 156 valence electrons. The second kappa shape index (κ2) is 9.59. The lowest BCUT2D eigenvalue weighted by molar-refractivity contribution is -0.385. The van der Waals surface area contributed by atoms with Crippen LogP contribution in [0.3, 0.4) is 0 Å². The van der Waals surface area contributed by atoms with Crippen LogP contribution in [0, 0.1) is 10.1 Å².